The van der Waals surface area contributed by atoms with E-state index in [-0.39, 0.29) is 18.2 Å². The number of nitriles is 1. The van der Waals surface area contributed by atoms with Gasteiger partial charge in [0.05, 0.1) is 23.4 Å². The van der Waals surface area contributed by atoms with Crippen LogP contribution in [-0.2, 0) is 4.74 Å². The number of nitrogens with one attached hydrogen (secondary N) is 1. The molecule has 2 fully saturated rings. The Hall–Kier alpha value is -1.57. The number of hydrogen-bond donors (Lipinski definition) is 2. The van der Waals surface area contributed by atoms with Gasteiger partial charge in [-0.25, -0.2) is 0 Å². The third-order valence-electron chi connectivity index (χ3n) is 4.06. The molecule has 3 rings (SSSR count). The molecule has 0 aromatic heterocycles. The Morgan fingerprint density at radius 2 is 2.33 bits per heavy atom. The Labute approximate surface area is 107 Å². The summed E-state index contributed by atoms with van der Waals surface area (Å²) in [5.41, 5.74) is 8.77. The second-order valence-electron chi connectivity index (χ2n) is 5.20. The maximum Gasteiger partial charge on any atom is 0.101 e. The van der Waals surface area contributed by atoms with Crippen LogP contribution in [0.25, 0.3) is 0 Å². The lowest BCUT2D eigenvalue weighted by molar-refractivity contribution is 0.00537. The van der Waals surface area contributed by atoms with Gasteiger partial charge in [-0.3, -0.25) is 0 Å². The number of benzene rings is 1. The third kappa shape index (κ3) is 1.67. The molecule has 1 heterocycles. The molecule has 1 aromatic rings. The van der Waals surface area contributed by atoms with Crippen LogP contribution < -0.4 is 11.1 Å². The number of hydrogen-bond acceptors (Lipinski definition) is 4. The molecule has 4 heteroatoms. The Morgan fingerprint density at radius 1 is 1.50 bits per heavy atom. The smallest absolute Gasteiger partial charge is 0.101 e. The summed E-state index contributed by atoms with van der Waals surface area (Å²) in [4.78, 5) is 0. The van der Waals surface area contributed by atoms with Gasteiger partial charge in [0.25, 0.3) is 0 Å². The van der Waals surface area contributed by atoms with Crippen LogP contribution in [-0.4, -0.2) is 24.8 Å². The second-order valence-corrected chi connectivity index (χ2v) is 5.20. The molecule has 1 aliphatic carbocycles. The van der Waals surface area contributed by atoms with E-state index >= 15 is 0 Å². The van der Waals surface area contributed by atoms with Crippen molar-refractivity contribution in [2.75, 3.05) is 11.9 Å². The van der Waals surface area contributed by atoms with Crippen molar-refractivity contribution >= 4 is 5.69 Å². The lowest BCUT2D eigenvalue weighted by Crippen LogP contribution is -2.65. The number of ether oxygens (including phenoxy) is 1. The van der Waals surface area contributed by atoms with Gasteiger partial charge < -0.3 is 15.8 Å². The molecule has 4 nitrogen and oxygen atoms in total. The van der Waals surface area contributed by atoms with Crippen LogP contribution in [0.2, 0.25) is 0 Å². The van der Waals surface area contributed by atoms with Gasteiger partial charge >= 0.3 is 0 Å². The zero-order valence-corrected chi connectivity index (χ0v) is 10.4. The zero-order valence-electron chi connectivity index (χ0n) is 10.4. The molecule has 4 unspecified atom stereocenters. The molecule has 2 aliphatic rings. The first kappa shape index (κ1) is 11.5. The largest absolute Gasteiger partial charge is 0.377 e. The van der Waals surface area contributed by atoms with Gasteiger partial charge in [-0.15, -0.1) is 0 Å². The highest BCUT2D eigenvalue weighted by Crippen LogP contribution is 2.39. The molecule has 1 aromatic carbocycles. The molecular formula is C14H17N3O. The van der Waals surface area contributed by atoms with Crippen LogP contribution >= 0.6 is 0 Å². The minimum atomic E-state index is 0.130. The highest BCUT2D eigenvalue weighted by atomic mass is 16.5. The van der Waals surface area contributed by atoms with Gasteiger partial charge in [0.15, 0.2) is 0 Å². The number of nitrogens with two attached hydrogens (primary N) is 1. The summed E-state index contributed by atoms with van der Waals surface area (Å²) in [6, 6.07) is 8.32. The van der Waals surface area contributed by atoms with Crippen molar-refractivity contribution in [1.82, 2.24) is 0 Å². The number of anilines is 1. The first-order valence-corrected chi connectivity index (χ1v) is 6.35. The summed E-state index contributed by atoms with van der Waals surface area (Å²) in [7, 11) is 0. The molecule has 3 N–H and O–H groups in total. The minimum Gasteiger partial charge on any atom is -0.377 e. The first-order valence-electron chi connectivity index (χ1n) is 6.35. The molecule has 18 heavy (non-hydrogen) atoms. The predicted molar refractivity (Wildman–Crippen MR) is 69.1 cm³/mol. The Balaban J connectivity index is 1.79. The molecule has 0 radical (unpaired) electrons. The molecule has 0 spiro atoms. The van der Waals surface area contributed by atoms with E-state index in [0.717, 1.165) is 24.3 Å². The minimum absolute atomic E-state index is 0.130. The maximum atomic E-state index is 9.15. The van der Waals surface area contributed by atoms with Crippen molar-refractivity contribution in [2.45, 2.75) is 31.5 Å². The van der Waals surface area contributed by atoms with Gasteiger partial charge in [-0.1, -0.05) is 6.07 Å². The topological polar surface area (TPSA) is 71.1 Å². The Morgan fingerprint density at radius 3 is 3.11 bits per heavy atom. The molecule has 0 amide bonds. The van der Waals surface area contributed by atoms with E-state index in [2.05, 4.69) is 11.4 Å². The van der Waals surface area contributed by atoms with Gasteiger partial charge in [-0.2, -0.15) is 5.26 Å². The van der Waals surface area contributed by atoms with Crippen LogP contribution in [0.3, 0.4) is 0 Å². The van der Waals surface area contributed by atoms with Gasteiger partial charge in [0, 0.05) is 18.6 Å². The van der Waals surface area contributed by atoms with Crippen LogP contribution in [0.15, 0.2) is 18.2 Å². The van der Waals surface area contributed by atoms with Crippen molar-refractivity contribution in [3.05, 3.63) is 29.3 Å². The molecule has 0 bridgehead atoms. The summed E-state index contributed by atoms with van der Waals surface area (Å²) < 4.78 is 5.68. The average Bonchev–Trinajstić information content (AvgIpc) is 2.81. The van der Waals surface area contributed by atoms with Crippen LogP contribution in [0.4, 0.5) is 5.69 Å². The third-order valence-corrected chi connectivity index (χ3v) is 4.06. The highest BCUT2D eigenvalue weighted by molar-refractivity contribution is 5.59. The lowest BCUT2D eigenvalue weighted by Gasteiger charge is -2.46. The maximum absolute atomic E-state index is 9.15. The van der Waals surface area contributed by atoms with E-state index in [1.165, 1.54) is 0 Å². The van der Waals surface area contributed by atoms with Gasteiger partial charge in [-0.05, 0) is 31.0 Å². The normalized spacial score (nSPS) is 33.4. The van der Waals surface area contributed by atoms with Crippen molar-refractivity contribution < 1.29 is 4.74 Å². The van der Waals surface area contributed by atoms with Crippen LogP contribution in [0.1, 0.15) is 17.5 Å². The average molecular weight is 243 g/mol. The number of fused-ring (bicyclic) bond motifs is 1. The second kappa shape index (κ2) is 4.27. The molecular weight excluding hydrogens is 226 g/mol. The van der Waals surface area contributed by atoms with Gasteiger partial charge in [0.2, 0.25) is 0 Å². The van der Waals surface area contributed by atoms with E-state index < -0.39 is 0 Å². The molecule has 1 aliphatic heterocycles. The summed E-state index contributed by atoms with van der Waals surface area (Å²) >= 11 is 0. The summed E-state index contributed by atoms with van der Waals surface area (Å²) in [5.74, 6) is 0.485. The SMILES string of the molecule is Cc1ccc(NC2C(N)C3CCOC32)c(C#N)c1. The van der Waals surface area contributed by atoms with E-state index in [9.17, 15) is 0 Å². The lowest BCUT2D eigenvalue weighted by atomic mass is 9.72. The summed E-state index contributed by atoms with van der Waals surface area (Å²) in [6.45, 7) is 2.79. The van der Waals surface area contributed by atoms with Crippen molar-refractivity contribution in [1.29, 1.82) is 5.26 Å². The van der Waals surface area contributed by atoms with Gasteiger partial charge in [0.1, 0.15) is 6.07 Å². The summed E-state index contributed by atoms with van der Waals surface area (Å²) in [5, 5.41) is 12.5. The molecule has 94 valence electrons. The van der Waals surface area contributed by atoms with E-state index in [4.69, 9.17) is 15.7 Å². The van der Waals surface area contributed by atoms with E-state index in [0.29, 0.717) is 11.5 Å². The van der Waals surface area contributed by atoms with Crippen molar-refractivity contribution in [2.24, 2.45) is 11.7 Å². The highest BCUT2D eigenvalue weighted by Gasteiger charge is 2.52. The van der Waals surface area contributed by atoms with E-state index in [1.807, 2.05) is 25.1 Å². The predicted octanol–water partition coefficient (Wildman–Crippen LogP) is 1.39. The standard InChI is InChI=1S/C14H17N3O/c1-8-2-3-11(9(6-8)7-15)17-13-12(16)10-4-5-18-14(10)13/h2-3,6,10,12-14,17H,4-5,16H2,1H3. The number of nitrogens with zero attached hydrogens (tertiary/aromatic N) is 1. The molecule has 1 saturated heterocycles. The number of rotatable bonds is 2. The van der Waals surface area contributed by atoms with Crippen molar-refractivity contribution in [3.8, 4) is 6.07 Å². The van der Waals surface area contributed by atoms with Crippen LogP contribution in [0, 0.1) is 24.2 Å². The number of aryl methyl sites for hydroxylation is 1. The zero-order chi connectivity index (χ0) is 12.7. The molecule has 1 saturated carbocycles. The molecule has 4 atom stereocenters. The fourth-order valence-electron chi connectivity index (χ4n) is 2.98. The van der Waals surface area contributed by atoms with Crippen LogP contribution in [0.5, 0.6) is 0 Å². The monoisotopic (exact) mass is 243 g/mol. The van der Waals surface area contributed by atoms with E-state index in [1.54, 1.807) is 0 Å². The Kier molecular flexibility index (Phi) is 2.73. The summed E-state index contributed by atoms with van der Waals surface area (Å²) in [6.07, 6.45) is 1.27. The fraction of sp³-hybridized carbons (Fsp3) is 0.500. The Bertz CT molecular complexity index is 508. The quantitative estimate of drug-likeness (QED) is 0.823. The fourth-order valence-corrected chi connectivity index (χ4v) is 2.98. The first-order chi connectivity index (χ1) is 8.70. The van der Waals surface area contributed by atoms with Crippen molar-refractivity contribution in [3.63, 3.8) is 0 Å².